The first-order valence-electron chi connectivity index (χ1n) is 7.88. The van der Waals surface area contributed by atoms with Crippen molar-refractivity contribution in [3.8, 4) is 0 Å². The van der Waals surface area contributed by atoms with E-state index < -0.39 is 4.92 Å². The van der Waals surface area contributed by atoms with E-state index in [9.17, 15) is 14.9 Å². The monoisotopic (exact) mass is 339 g/mol. The van der Waals surface area contributed by atoms with Crippen molar-refractivity contribution in [3.05, 3.63) is 33.3 Å². The van der Waals surface area contributed by atoms with Crippen LogP contribution in [-0.2, 0) is 4.79 Å². The summed E-state index contributed by atoms with van der Waals surface area (Å²) < 4.78 is 0. The van der Waals surface area contributed by atoms with Gasteiger partial charge in [-0.25, -0.2) is 0 Å². The van der Waals surface area contributed by atoms with Crippen molar-refractivity contribution in [1.82, 2.24) is 4.90 Å². The summed E-state index contributed by atoms with van der Waals surface area (Å²) in [7, 11) is 1.94. The summed E-state index contributed by atoms with van der Waals surface area (Å²) in [6.07, 6.45) is 6.35. The standard InChI is InChI=1S/C16H22ClN3O3/c1-19(10-12-5-3-2-4-6-12)11-16(21)18-15-8-7-13(20(22)23)9-14(15)17/h7-9,12H,2-6,10-11H2,1H3,(H,18,21). The lowest BCUT2D eigenvalue weighted by atomic mass is 9.89. The Morgan fingerprint density at radius 1 is 1.39 bits per heavy atom. The third kappa shape index (κ3) is 5.48. The van der Waals surface area contributed by atoms with Gasteiger partial charge in [0.05, 0.1) is 22.2 Å². The van der Waals surface area contributed by atoms with Gasteiger partial charge in [-0.2, -0.15) is 0 Å². The van der Waals surface area contributed by atoms with Crippen LogP contribution in [0.3, 0.4) is 0 Å². The van der Waals surface area contributed by atoms with Crippen molar-refractivity contribution < 1.29 is 9.72 Å². The van der Waals surface area contributed by atoms with Crippen LogP contribution in [0.1, 0.15) is 32.1 Å². The molecule has 6 nitrogen and oxygen atoms in total. The summed E-state index contributed by atoms with van der Waals surface area (Å²) in [5.74, 6) is 0.503. The molecule has 0 spiro atoms. The van der Waals surface area contributed by atoms with E-state index in [1.54, 1.807) is 0 Å². The van der Waals surface area contributed by atoms with Crippen LogP contribution in [0.5, 0.6) is 0 Å². The first kappa shape index (κ1) is 17.7. The number of carbonyl (C=O) groups is 1. The topological polar surface area (TPSA) is 75.5 Å². The van der Waals surface area contributed by atoms with E-state index >= 15 is 0 Å². The summed E-state index contributed by atoms with van der Waals surface area (Å²) in [5.41, 5.74) is 0.302. The minimum atomic E-state index is -0.518. The van der Waals surface area contributed by atoms with Crippen LogP contribution in [0.4, 0.5) is 11.4 Å². The fourth-order valence-corrected chi connectivity index (χ4v) is 3.25. The van der Waals surface area contributed by atoms with Crippen molar-refractivity contribution in [2.24, 2.45) is 5.92 Å². The average molecular weight is 340 g/mol. The van der Waals surface area contributed by atoms with Gasteiger partial charge in [0.1, 0.15) is 0 Å². The number of nitro benzene ring substituents is 1. The van der Waals surface area contributed by atoms with Crippen LogP contribution in [0.15, 0.2) is 18.2 Å². The molecule has 0 radical (unpaired) electrons. The molecule has 0 aromatic heterocycles. The van der Waals surface area contributed by atoms with Gasteiger partial charge in [0, 0.05) is 18.7 Å². The maximum Gasteiger partial charge on any atom is 0.271 e. The molecule has 0 unspecified atom stereocenters. The molecule has 1 aliphatic carbocycles. The molecule has 1 saturated carbocycles. The molecule has 1 fully saturated rings. The minimum absolute atomic E-state index is 0.0950. The minimum Gasteiger partial charge on any atom is -0.324 e. The second kappa shape index (κ2) is 8.26. The first-order chi connectivity index (χ1) is 11.0. The summed E-state index contributed by atoms with van der Waals surface area (Å²) in [4.78, 5) is 24.3. The molecule has 0 aliphatic heterocycles. The van der Waals surface area contributed by atoms with Gasteiger partial charge in [-0.3, -0.25) is 19.8 Å². The van der Waals surface area contributed by atoms with E-state index in [1.165, 1.54) is 50.3 Å². The van der Waals surface area contributed by atoms with Gasteiger partial charge in [-0.1, -0.05) is 30.9 Å². The quantitative estimate of drug-likeness (QED) is 0.633. The highest BCUT2D eigenvalue weighted by Gasteiger charge is 2.17. The van der Waals surface area contributed by atoms with Crippen molar-refractivity contribution in [3.63, 3.8) is 0 Å². The van der Waals surface area contributed by atoms with E-state index in [0.717, 1.165) is 6.54 Å². The van der Waals surface area contributed by atoms with Crippen LogP contribution in [0.2, 0.25) is 5.02 Å². The normalized spacial score (nSPS) is 15.6. The number of hydrogen-bond acceptors (Lipinski definition) is 4. The highest BCUT2D eigenvalue weighted by molar-refractivity contribution is 6.34. The lowest BCUT2D eigenvalue weighted by Gasteiger charge is -2.26. The molecular formula is C16H22ClN3O3. The van der Waals surface area contributed by atoms with E-state index in [1.807, 2.05) is 11.9 Å². The van der Waals surface area contributed by atoms with Crippen LogP contribution in [0.25, 0.3) is 0 Å². The first-order valence-corrected chi connectivity index (χ1v) is 8.26. The fourth-order valence-electron chi connectivity index (χ4n) is 3.03. The molecular weight excluding hydrogens is 318 g/mol. The van der Waals surface area contributed by atoms with E-state index in [2.05, 4.69) is 5.32 Å². The SMILES string of the molecule is CN(CC(=O)Nc1ccc([N+](=O)[O-])cc1Cl)CC1CCCCC1. The molecule has 23 heavy (non-hydrogen) atoms. The fraction of sp³-hybridized carbons (Fsp3) is 0.562. The molecule has 1 aromatic carbocycles. The maximum atomic E-state index is 12.1. The number of benzene rings is 1. The Kier molecular flexibility index (Phi) is 6.36. The Morgan fingerprint density at radius 2 is 2.09 bits per heavy atom. The Hall–Kier alpha value is -1.66. The van der Waals surface area contributed by atoms with Gasteiger partial charge >= 0.3 is 0 Å². The Labute approximate surface area is 141 Å². The zero-order valence-electron chi connectivity index (χ0n) is 13.3. The molecule has 1 N–H and O–H groups in total. The average Bonchev–Trinajstić information content (AvgIpc) is 2.49. The van der Waals surface area contributed by atoms with Gasteiger partial charge in [-0.05, 0) is 31.9 Å². The van der Waals surface area contributed by atoms with Gasteiger partial charge in [-0.15, -0.1) is 0 Å². The van der Waals surface area contributed by atoms with Gasteiger partial charge < -0.3 is 5.32 Å². The highest BCUT2D eigenvalue weighted by atomic mass is 35.5. The number of amides is 1. The van der Waals surface area contributed by atoms with Gasteiger partial charge in [0.25, 0.3) is 5.69 Å². The molecule has 126 valence electrons. The third-order valence-electron chi connectivity index (χ3n) is 4.15. The van der Waals surface area contributed by atoms with Crippen LogP contribution in [-0.4, -0.2) is 35.9 Å². The highest BCUT2D eigenvalue weighted by Crippen LogP contribution is 2.27. The number of anilines is 1. The zero-order chi connectivity index (χ0) is 16.8. The molecule has 1 amide bonds. The summed E-state index contributed by atoms with van der Waals surface area (Å²) in [5, 5.41) is 13.6. The largest absolute Gasteiger partial charge is 0.324 e. The Morgan fingerprint density at radius 3 is 2.70 bits per heavy atom. The molecule has 0 heterocycles. The number of carbonyl (C=O) groups excluding carboxylic acids is 1. The van der Waals surface area contributed by atoms with Crippen LogP contribution in [0, 0.1) is 16.0 Å². The lowest BCUT2D eigenvalue weighted by molar-refractivity contribution is -0.384. The number of halogens is 1. The summed E-state index contributed by atoms with van der Waals surface area (Å²) >= 11 is 5.98. The number of rotatable bonds is 6. The number of likely N-dealkylation sites (N-methyl/N-ethyl adjacent to an activating group) is 1. The van der Waals surface area contributed by atoms with E-state index in [0.29, 0.717) is 11.6 Å². The smallest absolute Gasteiger partial charge is 0.271 e. The summed E-state index contributed by atoms with van der Waals surface area (Å²) in [6, 6.07) is 4.02. The third-order valence-corrected chi connectivity index (χ3v) is 4.46. The number of hydrogen-bond donors (Lipinski definition) is 1. The zero-order valence-corrected chi connectivity index (χ0v) is 14.0. The summed E-state index contributed by atoms with van der Waals surface area (Å²) in [6.45, 7) is 1.20. The van der Waals surface area contributed by atoms with E-state index in [-0.39, 0.29) is 23.2 Å². The number of nitro groups is 1. The predicted octanol–water partition coefficient (Wildman–Crippen LogP) is 3.70. The maximum absolute atomic E-state index is 12.1. The van der Waals surface area contributed by atoms with Crippen molar-refractivity contribution >= 4 is 28.9 Å². The van der Waals surface area contributed by atoms with Crippen LogP contribution >= 0.6 is 11.6 Å². The molecule has 2 rings (SSSR count). The molecule has 0 saturated heterocycles. The Bertz CT molecular complexity index is 574. The number of non-ortho nitro benzene ring substituents is 1. The predicted molar refractivity (Wildman–Crippen MR) is 90.8 cm³/mol. The van der Waals surface area contributed by atoms with Gasteiger partial charge in [0.15, 0.2) is 0 Å². The second-order valence-corrected chi connectivity index (χ2v) is 6.58. The van der Waals surface area contributed by atoms with Crippen LogP contribution < -0.4 is 5.32 Å². The van der Waals surface area contributed by atoms with E-state index in [4.69, 9.17) is 11.6 Å². The molecule has 7 heteroatoms. The molecule has 1 aliphatic rings. The number of nitrogens with one attached hydrogen (secondary N) is 1. The molecule has 0 atom stereocenters. The van der Waals surface area contributed by atoms with Crippen molar-refractivity contribution in [2.45, 2.75) is 32.1 Å². The van der Waals surface area contributed by atoms with Crippen molar-refractivity contribution in [2.75, 3.05) is 25.5 Å². The lowest BCUT2D eigenvalue weighted by Crippen LogP contribution is -2.34. The van der Waals surface area contributed by atoms with Gasteiger partial charge in [0.2, 0.25) is 5.91 Å². The van der Waals surface area contributed by atoms with Crippen molar-refractivity contribution in [1.29, 1.82) is 0 Å². The molecule has 0 bridgehead atoms. The number of nitrogens with zero attached hydrogens (tertiary/aromatic N) is 2. The Balaban J connectivity index is 1.85. The second-order valence-electron chi connectivity index (χ2n) is 6.17. The molecule has 1 aromatic rings.